The van der Waals surface area contributed by atoms with Gasteiger partial charge in [0, 0.05) is 12.9 Å². The third kappa shape index (κ3) is 1.58. The summed E-state index contributed by atoms with van der Waals surface area (Å²) in [6.07, 6.45) is 3.81. The van der Waals surface area contributed by atoms with Crippen molar-refractivity contribution in [3.05, 3.63) is 0 Å². The van der Waals surface area contributed by atoms with Crippen LogP contribution in [-0.4, -0.2) is 41.0 Å². The Morgan fingerprint density at radius 3 is 2.71 bits per heavy atom. The average molecular weight is 217 g/mol. The summed E-state index contributed by atoms with van der Waals surface area (Å²) in [6, 6.07) is 0. The molecule has 1 atom stereocenters. The third-order valence-corrected chi connectivity index (χ3v) is 4.92. The Morgan fingerprint density at radius 2 is 2.21 bits per heavy atom. The van der Waals surface area contributed by atoms with E-state index in [1.165, 1.54) is 0 Å². The van der Waals surface area contributed by atoms with Gasteiger partial charge in [-0.05, 0) is 31.4 Å². The van der Waals surface area contributed by atoms with E-state index >= 15 is 0 Å². The first kappa shape index (κ1) is 10.7. The molecule has 4 heteroatoms. The third-order valence-electron chi connectivity index (χ3n) is 3.66. The van der Waals surface area contributed by atoms with Crippen molar-refractivity contribution in [2.45, 2.75) is 42.9 Å². The molecule has 2 fully saturated rings. The van der Waals surface area contributed by atoms with Gasteiger partial charge in [0.1, 0.15) is 0 Å². The van der Waals surface area contributed by atoms with Crippen molar-refractivity contribution < 1.29 is 9.84 Å². The van der Waals surface area contributed by atoms with Gasteiger partial charge < -0.3 is 15.6 Å². The fraction of sp³-hybridized carbons (Fsp3) is 1.00. The minimum Gasteiger partial charge on any atom is -0.387 e. The second-order valence-electron chi connectivity index (χ2n) is 4.61. The highest BCUT2D eigenvalue weighted by molar-refractivity contribution is 7.99. The Hall–Kier alpha value is 0.230. The first-order chi connectivity index (χ1) is 6.60. The highest BCUT2D eigenvalue weighted by Gasteiger charge is 2.55. The van der Waals surface area contributed by atoms with Gasteiger partial charge in [0.25, 0.3) is 0 Å². The van der Waals surface area contributed by atoms with E-state index < -0.39 is 5.60 Å². The summed E-state index contributed by atoms with van der Waals surface area (Å²) in [4.78, 5) is 0. The lowest BCUT2D eigenvalue weighted by Crippen LogP contribution is -2.70. The molecule has 0 aromatic heterocycles. The molecule has 2 rings (SSSR count). The molecule has 14 heavy (non-hydrogen) atoms. The molecule has 3 nitrogen and oxygen atoms in total. The molecular weight excluding hydrogens is 198 g/mol. The quantitative estimate of drug-likeness (QED) is 0.717. The molecule has 3 N–H and O–H groups in total. The number of hydrogen-bond acceptors (Lipinski definition) is 4. The molecule has 1 aliphatic carbocycles. The number of nitrogens with two attached hydrogens (primary N) is 1. The van der Waals surface area contributed by atoms with Gasteiger partial charge in [-0.2, -0.15) is 11.8 Å². The highest BCUT2D eigenvalue weighted by Crippen LogP contribution is 2.45. The second-order valence-corrected chi connectivity index (χ2v) is 5.71. The molecular formula is C10H19NO2S. The van der Waals surface area contributed by atoms with E-state index in [2.05, 4.69) is 0 Å². The Balaban J connectivity index is 1.99. The number of ether oxygens (including phenoxy) is 1. The Bertz CT molecular complexity index is 210. The Kier molecular flexibility index (Phi) is 2.81. The Labute approximate surface area is 89.4 Å². The number of hydrogen-bond donors (Lipinski definition) is 2. The number of methoxy groups -OCH3 is 1. The number of rotatable bonds is 2. The summed E-state index contributed by atoms with van der Waals surface area (Å²) < 4.78 is 5.22. The van der Waals surface area contributed by atoms with Crippen LogP contribution in [0.5, 0.6) is 0 Å². The lowest BCUT2D eigenvalue weighted by Gasteiger charge is -2.55. The Morgan fingerprint density at radius 1 is 1.50 bits per heavy atom. The van der Waals surface area contributed by atoms with E-state index in [1.54, 1.807) is 7.11 Å². The van der Waals surface area contributed by atoms with Gasteiger partial charge in [-0.15, -0.1) is 0 Å². The predicted octanol–water partition coefficient (Wildman–Crippen LogP) is 0.751. The first-order valence-electron chi connectivity index (χ1n) is 5.21. The fourth-order valence-electron chi connectivity index (χ4n) is 2.47. The maximum Gasteiger partial charge on any atom is 0.0918 e. The zero-order valence-corrected chi connectivity index (χ0v) is 9.48. The summed E-state index contributed by atoms with van der Waals surface area (Å²) >= 11 is 1.82. The van der Waals surface area contributed by atoms with E-state index in [1.807, 2.05) is 11.8 Å². The molecule has 2 aliphatic rings. The van der Waals surface area contributed by atoms with Crippen LogP contribution in [0.3, 0.4) is 0 Å². The van der Waals surface area contributed by atoms with Gasteiger partial charge in [0.2, 0.25) is 0 Å². The van der Waals surface area contributed by atoms with E-state index in [0.29, 0.717) is 0 Å². The molecule has 0 bridgehead atoms. The van der Waals surface area contributed by atoms with Gasteiger partial charge in [-0.1, -0.05) is 0 Å². The first-order valence-corrected chi connectivity index (χ1v) is 6.37. The van der Waals surface area contributed by atoms with Gasteiger partial charge >= 0.3 is 0 Å². The van der Waals surface area contributed by atoms with Crippen molar-refractivity contribution >= 4 is 11.8 Å². The summed E-state index contributed by atoms with van der Waals surface area (Å²) in [7, 11) is 1.71. The van der Waals surface area contributed by atoms with Crippen LogP contribution in [-0.2, 0) is 4.74 Å². The molecule has 1 saturated carbocycles. The van der Waals surface area contributed by atoms with Crippen molar-refractivity contribution in [1.82, 2.24) is 0 Å². The van der Waals surface area contributed by atoms with E-state index in [4.69, 9.17) is 10.5 Å². The van der Waals surface area contributed by atoms with Crippen LogP contribution in [0.2, 0.25) is 0 Å². The van der Waals surface area contributed by atoms with Crippen molar-refractivity contribution in [3.8, 4) is 0 Å². The molecule has 1 aliphatic heterocycles. The number of thioether (sulfide) groups is 1. The van der Waals surface area contributed by atoms with Gasteiger partial charge in [-0.3, -0.25) is 0 Å². The molecule has 0 amide bonds. The highest BCUT2D eigenvalue weighted by atomic mass is 32.2. The van der Waals surface area contributed by atoms with Gasteiger partial charge in [-0.25, -0.2) is 0 Å². The van der Waals surface area contributed by atoms with Crippen molar-refractivity contribution in [2.24, 2.45) is 5.73 Å². The van der Waals surface area contributed by atoms with E-state index in [0.717, 1.165) is 37.2 Å². The van der Waals surface area contributed by atoms with Gasteiger partial charge in [0.15, 0.2) is 0 Å². The average Bonchev–Trinajstić information content (AvgIpc) is 2.14. The zero-order chi connectivity index (χ0) is 10.2. The summed E-state index contributed by atoms with van der Waals surface area (Å²) in [5.41, 5.74) is 5.20. The van der Waals surface area contributed by atoms with Crippen molar-refractivity contribution in [3.63, 3.8) is 0 Å². The van der Waals surface area contributed by atoms with E-state index in [-0.39, 0.29) is 11.6 Å². The van der Waals surface area contributed by atoms with Crippen LogP contribution in [0, 0.1) is 0 Å². The predicted molar refractivity (Wildman–Crippen MR) is 58.5 cm³/mol. The molecule has 1 heterocycles. The van der Waals surface area contributed by atoms with Crippen LogP contribution >= 0.6 is 11.8 Å². The minimum atomic E-state index is -0.648. The molecule has 0 aromatic rings. The zero-order valence-electron chi connectivity index (χ0n) is 8.66. The summed E-state index contributed by atoms with van der Waals surface area (Å²) in [5.74, 6) is 1.95. The summed E-state index contributed by atoms with van der Waals surface area (Å²) in [6.45, 7) is 0. The lowest BCUT2D eigenvalue weighted by molar-refractivity contribution is -0.119. The monoisotopic (exact) mass is 217 g/mol. The SMILES string of the molecule is COC1CC(N)(C2(O)CCCSC2)C1. The lowest BCUT2D eigenvalue weighted by atomic mass is 9.63. The maximum atomic E-state index is 10.5. The van der Waals surface area contributed by atoms with Crippen LogP contribution in [0.1, 0.15) is 25.7 Å². The molecule has 82 valence electrons. The smallest absolute Gasteiger partial charge is 0.0918 e. The fourth-order valence-corrected chi connectivity index (χ4v) is 3.73. The summed E-state index contributed by atoms with van der Waals surface area (Å²) in [5, 5.41) is 10.5. The molecule has 0 aromatic carbocycles. The number of aliphatic hydroxyl groups is 1. The van der Waals surface area contributed by atoms with Crippen LogP contribution in [0.4, 0.5) is 0 Å². The molecule has 0 spiro atoms. The molecule has 1 saturated heterocycles. The maximum absolute atomic E-state index is 10.5. The van der Waals surface area contributed by atoms with Crippen LogP contribution in [0.15, 0.2) is 0 Å². The second kappa shape index (κ2) is 3.67. The minimum absolute atomic E-state index is 0.260. The van der Waals surface area contributed by atoms with Crippen molar-refractivity contribution in [1.29, 1.82) is 0 Å². The standard InChI is InChI=1S/C10H19NO2S/c1-13-8-5-9(11,6-8)10(12)3-2-4-14-7-10/h8,12H,2-7,11H2,1H3. The largest absolute Gasteiger partial charge is 0.387 e. The van der Waals surface area contributed by atoms with Crippen LogP contribution in [0.25, 0.3) is 0 Å². The van der Waals surface area contributed by atoms with Crippen molar-refractivity contribution in [2.75, 3.05) is 18.6 Å². The normalized spacial score (nSPS) is 48.6. The van der Waals surface area contributed by atoms with E-state index in [9.17, 15) is 5.11 Å². The molecule has 0 radical (unpaired) electrons. The van der Waals surface area contributed by atoms with Crippen LogP contribution < -0.4 is 5.73 Å². The van der Waals surface area contributed by atoms with Gasteiger partial charge in [0.05, 0.1) is 17.2 Å². The molecule has 1 unspecified atom stereocenters. The topological polar surface area (TPSA) is 55.5 Å².